The van der Waals surface area contributed by atoms with E-state index in [1.165, 1.54) is 0 Å². The highest BCUT2D eigenvalue weighted by atomic mass is 16.4. The molecule has 0 saturated carbocycles. The van der Waals surface area contributed by atoms with E-state index in [4.69, 9.17) is 0 Å². The minimum atomic E-state index is -0.806. The average Bonchev–Trinajstić information content (AvgIpc) is 2.91. The number of imidazole rings is 1. The summed E-state index contributed by atoms with van der Waals surface area (Å²) in [6.45, 7) is 5.46. The lowest BCUT2D eigenvalue weighted by Gasteiger charge is -2.34. The maximum Gasteiger partial charge on any atom is 0.327 e. The van der Waals surface area contributed by atoms with Crippen molar-refractivity contribution in [1.29, 1.82) is 0 Å². The van der Waals surface area contributed by atoms with Crippen molar-refractivity contribution in [3.8, 4) is 0 Å². The number of aliphatic carboxylic acids is 1. The van der Waals surface area contributed by atoms with Crippen LogP contribution in [0.2, 0.25) is 0 Å². The van der Waals surface area contributed by atoms with E-state index in [1.54, 1.807) is 6.33 Å². The molecule has 1 aromatic heterocycles. The normalized spacial score (nSPS) is 18.4. The predicted octanol–water partition coefficient (Wildman–Crippen LogP) is 2.65. The number of benzene rings is 1. The monoisotopic (exact) mass is 299 g/mol. The molecule has 5 heteroatoms. The van der Waals surface area contributed by atoms with E-state index in [1.807, 2.05) is 39.8 Å². The van der Waals surface area contributed by atoms with Crippen LogP contribution in [-0.4, -0.2) is 32.1 Å². The van der Waals surface area contributed by atoms with Crippen molar-refractivity contribution in [3.05, 3.63) is 53.6 Å². The summed E-state index contributed by atoms with van der Waals surface area (Å²) in [7, 11) is 0. The van der Waals surface area contributed by atoms with Gasteiger partial charge in [0.15, 0.2) is 6.04 Å². The Labute approximate surface area is 130 Å². The number of carboxylic acids is 1. The van der Waals surface area contributed by atoms with Gasteiger partial charge in [-0.1, -0.05) is 30.3 Å². The number of nitrogens with zero attached hydrogens (tertiary/aromatic N) is 3. The minimum absolute atomic E-state index is 0.203. The highest BCUT2D eigenvalue weighted by molar-refractivity contribution is 5.75. The van der Waals surface area contributed by atoms with Gasteiger partial charge in [-0.2, -0.15) is 0 Å². The maximum atomic E-state index is 11.9. The van der Waals surface area contributed by atoms with Crippen LogP contribution in [0, 0.1) is 0 Å². The summed E-state index contributed by atoms with van der Waals surface area (Å²) in [6.07, 6.45) is 2.57. The van der Waals surface area contributed by atoms with Crippen LogP contribution in [0.5, 0.6) is 0 Å². The van der Waals surface area contributed by atoms with Crippen molar-refractivity contribution < 1.29 is 9.90 Å². The molecule has 5 nitrogen and oxygen atoms in total. The van der Waals surface area contributed by atoms with Crippen molar-refractivity contribution in [3.63, 3.8) is 0 Å². The fourth-order valence-electron chi connectivity index (χ4n) is 3.13. The lowest BCUT2D eigenvalue weighted by molar-refractivity contribution is -0.144. The van der Waals surface area contributed by atoms with Gasteiger partial charge in [-0.25, -0.2) is 4.98 Å². The first-order chi connectivity index (χ1) is 10.6. The van der Waals surface area contributed by atoms with Gasteiger partial charge in [0.1, 0.15) is 0 Å². The third-order valence-electron chi connectivity index (χ3n) is 4.19. The number of carboxylic acid groups (broad SMARTS) is 1. The molecule has 0 aliphatic carbocycles. The number of fused-ring (bicyclic) bond motifs is 1. The molecule has 1 aliphatic rings. The second kappa shape index (κ2) is 5.93. The van der Waals surface area contributed by atoms with Crippen LogP contribution < -0.4 is 0 Å². The van der Waals surface area contributed by atoms with E-state index in [2.05, 4.69) is 18.8 Å². The van der Waals surface area contributed by atoms with E-state index < -0.39 is 12.0 Å². The molecule has 1 N–H and O–H groups in total. The molecule has 0 amide bonds. The summed E-state index contributed by atoms with van der Waals surface area (Å²) >= 11 is 0. The summed E-state index contributed by atoms with van der Waals surface area (Å²) in [4.78, 5) is 18.4. The Morgan fingerprint density at radius 1 is 1.36 bits per heavy atom. The van der Waals surface area contributed by atoms with Gasteiger partial charge in [-0.15, -0.1) is 0 Å². The first-order valence-corrected chi connectivity index (χ1v) is 7.64. The van der Waals surface area contributed by atoms with Gasteiger partial charge in [0.25, 0.3) is 0 Å². The highest BCUT2D eigenvalue weighted by Crippen LogP contribution is 2.32. The second-order valence-electron chi connectivity index (χ2n) is 6.02. The van der Waals surface area contributed by atoms with Gasteiger partial charge in [0, 0.05) is 25.6 Å². The molecule has 116 valence electrons. The molecule has 1 aliphatic heterocycles. The lowest BCUT2D eigenvalue weighted by Crippen LogP contribution is -2.40. The molecule has 0 radical (unpaired) electrons. The van der Waals surface area contributed by atoms with Crippen LogP contribution >= 0.6 is 0 Å². The number of hydrogen-bond donors (Lipinski definition) is 1. The Morgan fingerprint density at radius 3 is 2.73 bits per heavy atom. The molecule has 0 spiro atoms. The first-order valence-electron chi connectivity index (χ1n) is 7.64. The predicted molar refractivity (Wildman–Crippen MR) is 83.5 cm³/mol. The zero-order valence-electron chi connectivity index (χ0n) is 12.9. The van der Waals surface area contributed by atoms with Crippen molar-refractivity contribution in [2.45, 2.75) is 38.9 Å². The van der Waals surface area contributed by atoms with Crippen molar-refractivity contribution in [1.82, 2.24) is 14.5 Å². The molecule has 0 fully saturated rings. The minimum Gasteiger partial charge on any atom is -0.480 e. The lowest BCUT2D eigenvalue weighted by atomic mass is 10.0. The molecule has 1 atom stereocenters. The Balaban J connectivity index is 1.96. The maximum absolute atomic E-state index is 11.9. The number of rotatable bonds is 4. The molecule has 2 heterocycles. The Hall–Kier alpha value is -2.14. The van der Waals surface area contributed by atoms with E-state index in [0.717, 1.165) is 23.4 Å². The molecule has 0 saturated heterocycles. The van der Waals surface area contributed by atoms with Gasteiger partial charge >= 0.3 is 5.97 Å². The summed E-state index contributed by atoms with van der Waals surface area (Å²) < 4.78 is 1.99. The van der Waals surface area contributed by atoms with Crippen LogP contribution in [0.4, 0.5) is 0 Å². The highest BCUT2D eigenvalue weighted by Gasteiger charge is 2.36. The van der Waals surface area contributed by atoms with E-state index in [9.17, 15) is 9.90 Å². The Morgan fingerprint density at radius 2 is 2.09 bits per heavy atom. The van der Waals surface area contributed by atoms with Crippen molar-refractivity contribution >= 4 is 5.97 Å². The largest absolute Gasteiger partial charge is 0.480 e. The van der Waals surface area contributed by atoms with Gasteiger partial charge in [0.2, 0.25) is 0 Å². The van der Waals surface area contributed by atoms with E-state index >= 15 is 0 Å². The smallest absolute Gasteiger partial charge is 0.327 e. The van der Waals surface area contributed by atoms with Crippen LogP contribution in [-0.2, 0) is 17.8 Å². The fourth-order valence-corrected chi connectivity index (χ4v) is 3.13. The van der Waals surface area contributed by atoms with Gasteiger partial charge in [-0.05, 0) is 19.4 Å². The van der Waals surface area contributed by atoms with Crippen LogP contribution in [0.15, 0.2) is 36.7 Å². The first kappa shape index (κ1) is 14.8. The molecular weight excluding hydrogens is 278 g/mol. The van der Waals surface area contributed by atoms with Crippen molar-refractivity contribution in [2.75, 3.05) is 6.54 Å². The van der Waals surface area contributed by atoms with E-state index in [0.29, 0.717) is 13.1 Å². The summed E-state index contributed by atoms with van der Waals surface area (Å²) in [5.74, 6) is -0.806. The molecule has 3 rings (SSSR count). The second-order valence-corrected chi connectivity index (χ2v) is 6.02. The molecule has 1 unspecified atom stereocenters. The van der Waals surface area contributed by atoms with Crippen molar-refractivity contribution in [2.24, 2.45) is 0 Å². The molecular formula is C17H21N3O2. The average molecular weight is 299 g/mol. The summed E-state index contributed by atoms with van der Waals surface area (Å²) in [6, 6.07) is 9.59. The van der Waals surface area contributed by atoms with Crippen LogP contribution in [0.1, 0.15) is 42.9 Å². The third kappa shape index (κ3) is 2.64. The fraction of sp³-hybridized carbons (Fsp3) is 0.412. The summed E-state index contributed by atoms with van der Waals surface area (Å²) in [5, 5.41) is 9.78. The topological polar surface area (TPSA) is 58.4 Å². The number of aromatic nitrogens is 2. The molecule has 22 heavy (non-hydrogen) atoms. The molecule has 1 aromatic carbocycles. The Kier molecular flexibility index (Phi) is 3.98. The Bertz CT molecular complexity index is 664. The summed E-state index contributed by atoms with van der Waals surface area (Å²) in [5.41, 5.74) is 2.89. The standard InChI is InChI=1S/C17H21N3O2/c1-12(2)20-11-18-14-8-9-19(16(15(14)20)17(21)22)10-13-6-4-3-5-7-13/h3-7,11-12,16H,8-10H2,1-2H3,(H,21,22). The zero-order valence-corrected chi connectivity index (χ0v) is 12.9. The molecule has 2 aromatic rings. The number of carbonyl (C=O) groups is 1. The van der Waals surface area contributed by atoms with Crippen LogP contribution in [0.3, 0.4) is 0 Å². The van der Waals surface area contributed by atoms with Crippen LogP contribution in [0.25, 0.3) is 0 Å². The quantitative estimate of drug-likeness (QED) is 0.943. The zero-order chi connectivity index (χ0) is 15.7. The number of hydrogen-bond acceptors (Lipinski definition) is 3. The van der Waals surface area contributed by atoms with Gasteiger partial charge in [-0.3, -0.25) is 9.69 Å². The molecule has 0 bridgehead atoms. The van der Waals surface area contributed by atoms with Gasteiger partial charge < -0.3 is 9.67 Å². The third-order valence-corrected chi connectivity index (χ3v) is 4.19. The van der Waals surface area contributed by atoms with E-state index in [-0.39, 0.29) is 6.04 Å². The van der Waals surface area contributed by atoms with Gasteiger partial charge in [0.05, 0.1) is 17.7 Å². The SMILES string of the molecule is CC(C)n1cnc2c1C(C(=O)O)N(Cc1ccccc1)CC2.